The first-order chi connectivity index (χ1) is 8.16. The number of likely N-dealkylation sites (N-methyl/N-ethyl adjacent to an activating group) is 1. The van der Waals surface area contributed by atoms with E-state index in [0.29, 0.717) is 17.8 Å². The molecule has 3 fully saturated rings. The summed E-state index contributed by atoms with van der Waals surface area (Å²) in [4.78, 5) is 4.91. The van der Waals surface area contributed by atoms with Crippen LogP contribution in [0, 0.1) is 0 Å². The summed E-state index contributed by atoms with van der Waals surface area (Å²) in [7, 11) is 2.22. The molecule has 3 heterocycles. The maximum absolute atomic E-state index is 6.10. The van der Waals surface area contributed by atoms with Gasteiger partial charge in [0.1, 0.15) is 0 Å². The number of para-hydroxylation sites is 1. The number of hydrogen-bond acceptors (Lipinski definition) is 4. The average molecular weight is 232 g/mol. The van der Waals surface area contributed by atoms with Crippen LogP contribution in [-0.2, 0) is 0 Å². The molecule has 3 aliphatic rings. The van der Waals surface area contributed by atoms with Gasteiger partial charge in [0.2, 0.25) is 0 Å². The van der Waals surface area contributed by atoms with E-state index in [-0.39, 0.29) is 0 Å². The van der Waals surface area contributed by atoms with Crippen molar-refractivity contribution < 1.29 is 0 Å². The third-order valence-electron chi connectivity index (χ3n) is 4.23. The fourth-order valence-corrected chi connectivity index (χ4v) is 3.15. The molecule has 0 aromatic heterocycles. The molecule has 4 heteroatoms. The highest BCUT2D eigenvalue weighted by molar-refractivity contribution is 5.80. The molecule has 1 aromatic rings. The largest absolute Gasteiger partial charge is 0.397 e. The molecule has 92 valence electrons. The number of nitrogens with two attached hydrogens (primary N) is 2. The molecule has 4 N–H and O–H groups in total. The van der Waals surface area contributed by atoms with Gasteiger partial charge in [-0.1, -0.05) is 6.07 Å². The van der Waals surface area contributed by atoms with Gasteiger partial charge in [-0.05, 0) is 32.0 Å². The van der Waals surface area contributed by atoms with Crippen LogP contribution in [0.5, 0.6) is 0 Å². The van der Waals surface area contributed by atoms with Gasteiger partial charge in [0.15, 0.2) is 0 Å². The molecule has 0 radical (unpaired) electrons. The van der Waals surface area contributed by atoms with Gasteiger partial charge in [0, 0.05) is 25.2 Å². The summed E-state index contributed by atoms with van der Waals surface area (Å²) in [5, 5.41) is 0. The number of nitrogens with zero attached hydrogens (tertiary/aromatic N) is 2. The smallest absolute Gasteiger partial charge is 0.0785 e. The van der Waals surface area contributed by atoms with Crippen LogP contribution in [0.2, 0.25) is 0 Å². The first kappa shape index (κ1) is 10.7. The van der Waals surface area contributed by atoms with Gasteiger partial charge in [0.05, 0.1) is 17.1 Å². The Kier molecular flexibility index (Phi) is 2.40. The highest BCUT2D eigenvalue weighted by atomic mass is 15.3. The van der Waals surface area contributed by atoms with E-state index < -0.39 is 0 Å². The van der Waals surface area contributed by atoms with Crippen LogP contribution in [-0.4, -0.2) is 37.1 Å². The monoisotopic (exact) mass is 232 g/mol. The molecule has 4 rings (SSSR count). The maximum Gasteiger partial charge on any atom is 0.0785 e. The Bertz CT molecular complexity index is 431. The average Bonchev–Trinajstić information content (AvgIpc) is 2.33. The number of benzene rings is 1. The summed E-state index contributed by atoms with van der Waals surface area (Å²) in [5.74, 6) is 0. The number of anilines is 3. The molecule has 1 aromatic carbocycles. The second kappa shape index (κ2) is 3.81. The van der Waals surface area contributed by atoms with Crippen molar-refractivity contribution in [3.63, 3.8) is 0 Å². The SMILES string of the molecule is CN1CC2CCC1CN2c1cccc(N)c1N. The van der Waals surface area contributed by atoms with E-state index in [0.717, 1.165) is 24.5 Å². The molecule has 3 saturated heterocycles. The minimum atomic E-state index is 0.592. The molecule has 2 atom stereocenters. The number of nitrogen functional groups attached to an aromatic ring is 2. The molecule has 0 aliphatic carbocycles. The fourth-order valence-electron chi connectivity index (χ4n) is 3.15. The molecule has 0 amide bonds. The topological polar surface area (TPSA) is 58.5 Å². The summed E-state index contributed by atoms with van der Waals surface area (Å²) in [6.07, 6.45) is 2.57. The Hall–Kier alpha value is -1.42. The van der Waals surface area contributed by atoms with Gasteiger partial charge in [-0.2, -0.15) is 0 Å². The van der Waals surface area contributed by atoms with Crippen LogP contribution in [0.15, 0.2) is 18.2 Å². The molecule has 2 unspecified atom stereocenters. The Labute approximate surface area is 102 Å². The van der Waals surface area contributed by atoms with Crippen molar-refractivity contribution in [1.29, 1.82) is 0 Å². The standard InChI is InChI=1S/C13H20N4/c1-16-7-10-6-5-9(16)8-17(10)12-4-2-3-11(14)13(12)15/h2-4,9-10H,5-8,14-15H2,1H3. The molecule has 3 aliphatic heterocycles. The van der Waals surface area contributed by atoms with Crippen molar-refractivity contribution in [1.82, 2.24) is 4.90 Å². The molecule has 0 spiro atoms. The normalized spacial score (nSPS) is 28.6. The lowest BCUT2D eigenvalue weighted by atomic mass is 9.90. The van der Waals surface area contributed by atoms with Crippen LogP contribution in [0.1, 0.15) is 12.8 Å². The van der Waals surface area contributed by atoms with E-state index in [9.17, 15) is 0 Å². The van der Waals surface area contributed by atoms with Crippen molar-refractivity contribution in [2.45, 2.75) is 24.9 Å². The van der Waals surface area contributed by atoms with Crippen LogP contribution in [0.3, 0.4) is 0 Å². The second-order valence-electron chi connectivity index (χ2n) is 5.26. The molecule has 17 heavy (non-hydrogen) atoms. The predicted octanol–water partition coefficient (Wildman–Crippen LogP) is 1.13. The summed E-state index contributed by atoms with van der Waals surface area (Å²) in [5.41, 5.74) is 14.5. The van der Waals surface area contributed by atoms with E-state index in [2.05, 4.69) is 22.9 Å². The molecule has 0 saturated carbocycles. The van der Waals surface area contributed by atoms with Gasteiger partial charge < -0.3 is 16.4 Å². The van der Waals surface area contributed by atoms with Crippen LogP contribution in [0.25, 0.3) is 0 Å². The second-order valence-corrected chi connectivity index (χ2v) is 5.26. The van der Waals surface area contributed by atoms with E-state index in [4.69, 9.17) is 11.5 Å². The van der Waals surface area contributed by atoms with E-state index in [1.807, 2.05) is 12.1 Å². The third kappa shape index (κ3) is 1.63. The van der Waals surface area contributed by atoms with Crippen LogP contribution >= 0.6 is 0 Å². The highest BCUT2D eigenvalue weighted by Gasteiger charge is 2.37. The summed E-state index contributed by atoms with van der Waals surface area (Å²) < 4.78 is 0. The lowest BCUT2D eigenvalue weighted by molar-refractivity contribution is 0.125. The molecule has 4 nitrogen and oxygen atoms in total. The van der Waals surface area contributed by atoms with Gasteiger partial charge in [-0.25, -0.2) is 0 Å². The lowest BCUT2D eigenvalue weighted by Crippen LogP contribution is -2.61. The number of rotatable bonds is 1. The van der Waals surface area contributed by atoms with Gasteiger partial charge in [0.25, 0.3) is 0 Å². The fraction of sp³-hybridized carbons (Fsp3) is 0.538. The zero-order valence-electron chi connectivity index (χ0n) is 10.3. The quantitative estimate of drug-likeness (QED) is 0.713. The minimum Gasteiger partial charge on any atom is -0.397 e. The maximum atomic E-state index is 6.10. The zero-order chi connectivity index (χ0) is 12.0. The van der Waals surface area contributed by atoms with Crippen molar-refractivity contribution in [3.05, 3.63) is 18.2 Å². The highest BCUT2D eigenvalue weighted by Crippen LogP contribution is 2.36. The Morgan fingerprint density at radius 1 is 1.12 bits per heavy atom. The van der Waals surface area contributed by atoms with Crippen molar-refractivity contribution >= 4 is 17.1 Å². The molecular formula is C13H20N4. The van der Waals surface area contributed by atoms with E-state index >= 15 is 0 Å². The Morgan fingerprint density at radius 2 is 1.88 bits per heavy atom. The Balaban J connectivity index is 1.93. The third-order valence-corrected chi connectivity index (χ3v) is 4.23. The van der Waals surface area contributed by atoms with Gasteiger partial charge >= 0.3 is 0 Å². The predicted molar refractivity (Wildman–Crippen MR) is 72.1 cm³/mol. The van der Waals surface area contributed by atoms with E-state index in [1.165, 1.54) is 12.8 Å². The Morgan fingerprint density at radius 3 is 2.53 bits per heavy atom. The minimum absolute atomic E-state index is 0.592. The lowest BCUT2D eigenvalue weighted by Gasteiger charge is -2.51. The van der Waals surface area contributed by atoms with Crippen LogP contribution in [0.4, 0.5) is 17.1 Å². The molecular weight excluding hydrogens is 212 g/mol. The van der Waals surface area contributed by atoms with Gasteiger partial charge in [-0.15, -0.1) is 0 Å². The number of fused-ring (bicyclic) bond motifs is 3. The molecule has 2 bridgehead atoms. The van der Waals surface area contributed by atoms with Crippen molar-refractivity contribution in [3.8, 4) is 0 Å². The first-order valence-corrected chi connectivity index (χ1v) is 6.27. The number of piperazine rings is 1. The van der Waals surface area contributed by atoms with Crippen molar-refractivity contribution in [2.24, 2.45) is 0 Å². The van der Waals surface area contributed by atoms with E-state index in [1.54, 1.807) is 0 Å². The summed E-state index contributed by atoms with van der Waals surface area (Å²) >= 11 is 0. The summed E-state index contributed by atoms with van der Waals surface area (Å²) in [6, 6.07) is 7.21. The summed E-state index contributed by atoms with van der Waals surface area (Å²) in [6.45, 7) is 2.22. The van der Waals surface area contributed by atoms with Crippen molar-refractivity contribution in [2.75, 3.05) is 36.5 Å². The number of piperidine rings is 2. The zero-order valence-corrected chi connectivity index (χ0v) is 10.3. The first-order valence-electron chi connectivity index (χ1n) is 6.27. The number of hydrogen-bond donors (Lipinski definition) is 2. The van der Waals surface area contributed by atoms with Gasteiger partial charge in [-0.3, -0.25) is 4.90 Å². The van der Waals surface area contributed by atoms with Crippen LogP contribution < -0.4 is 16.4 Å².